The average molecular weight is 367 g/mol. The first-order valence-electron chi connectivity index (χ1n) is 9.39. The van der Waals surface area contributed by atoms with Crippen molar-refractivity contribution in [3.63, 3.8) is 0 Å². The minimum absolute atomic E-state index is 0.00787. The maximum Gasteiger partial charge on any atom is 0.237 e. The zero-order valence-electron chi connectivity index (χ0n) is 16.2. The van der Waals surface area contributed by atoms with Crippen molar-refractivity contribution in [3.8, 4) is 0 Å². The predicted molar refractivity (Wildman–Crippen MR) is 108 cm³/mol. The summed E-state index contributed by atoms with van der Waals surface area (Å²) in [7, 11) is 1.80. The van der Waals surface area contributed by atoms with E-state index < -0.39 is 0 Å². The van der Waals surface area contributed by atoms with Crippen LogP contribution in [-0.4, -0.2) is 48.3 Å². The highest BCUT2D eigenvalue weighted by Gasteiger charge is 2.18. The Balaban J connectivity index is 2.00. The van der Waals surface area contributed by atoms with Crippen LogP contribution in [0.5, 0.6) is 0 Å². The third-order valence-corrected chi connectivity index (χ3v) is 4.18. The standard InChI is InChI=1S/C22H29N3O2/c1-3-14-23-21(26)17-24(2)18-22(27)25(15-19-10-6-4-7-11-19)16-20-12-8-5-9-13-20/h4-13H,3,14-18H2,1-2H3,(H,23,26). The van der Waals surface area contributed by atoms with Crippen molar-refractivity contribution in [1.29, 1.82) is 0 Å². The fraction of sp³-hybridized carbons (Fsp3) is 0.364. The van der Waals surface area contributed by atoms with Crippen LogP contribution in [0.15, 0.2) is 60.7 Å². The summed E-state index contributed by atoms with van der Waals surface area (Å²) in [5.74, 6) is -0.0432. The van der Waals surface area contributed by atoms with Crippen molar-refractivity contribution in [3.05, 3.63) is 71.8 Å². The van der Waals surface area contributed by atoms with Gasteiger partial charge in [-0.3, -0.25) is 14.5 Å². The Bertz CT molecular complexity index is 663. The number of carbonyl (C=O) groups excluding carboxylic acids is 2. The average Bonchev–Trinajstić information content (AvgIpc) is 2.67. The molecule has 0 unspecified atom stereocenters. The van der Waals surface area contributed by atoms with E-state index in [9.17, 15) is 9.59 Å². The SMILES string of the molecule is CCCNC(=O)CN(C)CC(=O)N(Cc1ccccc1)Cc1ccccc1. The molecule has 0 aromatic heterocycles. The van der Waals surface area contributed by atoms with Crippen LogP contribution < -0.4 is 5.32 Å². The van der Waals surface area contributed by atoms with E-state index in [0.29, 0.717) is 19.6 Å². The lowest BCUT2D eigenvalue weighted by Gasteiger charge is -2.26. The molecule has 2 rings (SSSR count). The molecule has 0 aliphatic heterocycles. The van der Waals surface area contributed by atoms with Gasteiger partial charge >= 0.3 is 0 Å². The molecule has 2 aromatic carbocycles. The molecule has 0 heterocycles. The summed E-state index contributed by atoms with van der Waals surface area (Å²) in [6, 6.07) is 19.9. The van der Waals surface area contributed by atoms with E-state index in [1.54, 1.807) is 11.9 Å². The first-order valence-corrected chi connectivity index (χ1v) is 9.39. The molecule has 2 aromatic rings. The van der Waals surface area contributed by atoms with Crippen LogP contribution in [0.25, 0.3) is 0 Å². The summed E-state index contributed by atoms with van der Waals surface area (Å²) in [5.41, 5.74) is 2.18. The van der Waals surface area contributed by atoms with Gasteiger partial charge in [-0.1, -0.05) is 67.6 Å². The highest BCUT2D eigenvalue weighted by molar-refractivity contribution is 5.81. The van der Waals surface area contributed by atoms with Gasteiger partial charge in [0, 0.05) is 19.6 Å². The number of rotatable bonds is 10. The van der Waals surface area contributed by atoms with Crippen LogP contribution in [0.3, 0.4) is 0 Å². The fourth-order valence-corrected chi connectivity index (χ4v) is 2.79. The van der Waals surface area contributed by atoms with Gasteiger partial charge < -0.3 is 10.2 Å². The highest BCUT2D eigenvalue weighted by atomic mass is 16.2. The lowest BCUT2D eigenvalue weighted by Crippen LogP contribution is -2.42. The van der Waals surface area contributed by atoms with E-state index in [-0.39, 0.29) is 24.9 Å². The number of hydrogen-bond acceptors (Lipinski definition) is 3. The molecule has 0 aliphatic carbocycles. The Hall–Kier alpha value is -2.66. The van der Waals surface area contributed by atoms with Crippen molar-refractivity contribution in [2.75, 3.05) is 26.7 Å². The van der Waals surface area contributed by atoms with Gasteiger partial charge in [-0.25, -0.2) is 0 Å². The fourth-order valence-electron chi connectivity index (χ4n) is 2.79. The van der Waals surface area contributed by atoms with Crippen LogP contribution in [0.2, 0.25) is 0 Å². The zero-order chi connectivity index (χ0) is 19.5. The summed E-state index contributed by atoms with van der Waals surface area (Å²) < 4.78 is 0. The third-order valence-electron chi connectivity index (χ3n) is 4.18. The third kappa shape index (κ3) is 7.62. The molecule has 0 aliphatic rings. The smallest absolute Gasteiger partial charge is 0.237 e. The number of carbonyl (C=O) groups is 2. The Kier molecular flexibility index (Phi) is 8.52. The van der Waals surface area contributed by atoms with Crippen LogP contribution in [0.1, 0.15) is 24.5 Å². The number of nitrogens with zero attached hydrogens (tertiary/aromatic N) is 2. The molecule has 0 atom stereocenters. The molecule has 0 radical (unpaired) electrons. The molecule has 2 amide bonds. The summed E-state index contributed by atoms with van der Waals surface area (Å²) in [6.07, 6.45) is 0.899. The molecule has 144 valence electrons. The van der Waals surface area contributed by atoms with Gasteiger partial charge in [-0.2, -0.15) is 0 Å². The lowest BCUT2D eigenvalue weighted by molar-refractivity contribution is -0.134. The number of benzene rings is 2. The van der Waals surface area contributed by atoms with Gasteiger partial charge in [-0.15, -0.1) is 0 Å². The molecule has 27 heavy (non-hydrogen) atoms. The lowest BCUT2D eigenvalue weighted by atomic mass is 10.1. The van der Waals surface area contributed by atoms with E-state index >= 15 is 0 Å². The van der Waals surface area contributed by atoms with E-state index in [2.05, 4.69) is 5.32 Å². The van der Waals surface area contributed by atoms with Gasteiger partial charge in [0.25, 0.3) is 0 Å². The van der Waals surface area contributed by atoms with E-state index in [4.69, 9.17) is 0 Å². The molecule has 5 nitrogen and oxygen atoms in total. The quantitative estimate of drug-likeness (QED) is 0.702. The Morgan fingerprint density at radius 2 is 1.37 bits per heavy atom. The van der Waals surface area contributed by atoms with E-state index in [0.717, 1.165) is 17.5 Å². The molecule has 1 N–H and O–H groups in total. The molecule has 0 fully saturated rings. The minimum atomic E-state index is -0.0511. The van der Waals surface area contributed by atoms with Crippen molar-refractivity contribution < 1.29 is 9.59 Å². The highest BCUT2D eigenvalue weighted by Crippen LogP contribution is 2.11. The van der Waals surface area contributed by atoms with E-state index in [1.165, 1.54) is 0 Å². The molecular weight excluding hydrogens is 338 g/mol. The van der Waals surface area contributed by atoms with Crippen molar-refractivity contribution >= 4 is 11.8 Å². The summed E-state index contributed by atoms with van der Waals surface area (Å²) in [6.45, 7) is 4.19. The second-order valence-electron chi connectivity index (χ2n) is 6.74. The van der Waals surface area contributed by atoms with Crippen LogP contribution in [-0.2, 0) is 22.7 Å². The second kappa shape index (κ2) is 11.1. The molecule has 0 saturated carbocycles. The minimum Gasteiger partial charge on any atom is -0.355 e. The Morgan fingerprint density at radius 1 is 0.852 bits per heavy atom. The van der Waals surface area contributed by atoms with Gasteiger partial charge in [0.15, 0.2) is 0 Å². The van der Waals surface area contributed by atoms with Crippen LogP contribution in [0, 0.1) is 0 Å². The summed E-state index contributed by atoms with van der Waals surface area (Å²) in [5, 5.41) is 2.84. The normalized spacial score (nSPS) is 10.6. The maximum absolute atomic E-state index is 12.9. The Morgan fingerprint density at radius 3 is 1.85 bits per heavy atom. The van der Waals surface area contributed by atoms with E-state index in [1.807, 2.05) is 72.5 Å². The van der Waals surface area contributed by atoms with Gasteiger partial charge in [0.2, 0.25) is 11.8 Å². The van der Waals surface area contributed by atoms with Crippen LogP contribution >= 0.6 is 0 Å². The molecule has 0 spiro atoms. The van der Waals surface area contributed by atoms with Gasteiger partial charge in [0.1, 0.15) is 0 Å². The summed E-state index contributed by atoms with van der Waals surface area (Å²) >= 11 is 0. The van der Waals surface area contributed by atoms with Crippen LogP contribution in [0.4, 0.5) is 0 Å². The number of likely N-dealkylation sites (N-methyl/N-ethyl adjacent to an activating group) is 1. The van der Waals surface area contributed by atoms with Crippen molar-refractivity contribution in [1.82, 2.24) is 15.1 Å². The topological polar surface area (TPSA) is 52.7 Å². The maximum atomic E-state index is 12.9. The Labute approximate surface area is 162 Å². The first-order chi connectivity index (χ1) is 13.1. The monoisotopic (exact) mass is 367 g/mol. The largest absolute Gasteiger partial charge is 0.355 e. The van der Waals surface area contributed by atoms with Gasteiger partial charge in [0.05, 0.1) is 13.1 Å². The number of hydrogen-bond donors (Lipinski definition) is 1. The number of amides is 2. The van der Waals surface area contributed by atoms with Gasteiger partial charge in [-0.05, 0) is 24.6 Å². The zero-order valence-corrected chi connectivity index (χ0v) is 16.2. The molecule has 5 heteroatoms. The first kappa shape index (κ1) is 20.6. The number of nitrogens with one attached hydrogen (secondary N) is 1. The molecular formula is C22H29N3O2. The molecule has 0 saturated heterocycles. The second-order valence-corrected chi connectivity index (χ2v) is 6.74. The predicted octanol–water partition coefficient (Wildman–Crippen LogP) is 2.67. The summed E-state index contributed by atoms with van der Waals surface area (Å²) in [4.78, 5) is 28.4. The van der Waals surface area contributed by atoms with Crippen molar-refractivity contribution in [2.45, 2.75) is 26.4 Å². The molecule has 0 bridgehead atoms. The van der Waals surface area contributed by atoms with Crippen molar-refractivity contribution in [2.24, 2.45) is 0 Å².